The molecule has 1 N–H and O–H groups in total. The molecule has 1 aromatic carbocycles. The monoisotopic (exact) mass is 237 g/mol. The van der Waals surface area contributed by atoms with Crippen LogP contribution in [-0.2, 0) is 10.2 Å². The van der Waals surface area contributed by atoms with Gasteiger partial charge in [-0.05, 0) is 37.2 Å². The zero-order chi connectivity index (χ0) is 12.3. The first kappa shape index (κ1) is 12.5. The maximum Gasteiger partial charge on any atom is 0.123 e. The van der Waals surface area contributed by atoms with Crippen molar-refractivity contribution in [1.29, 1.82) is 0 Å². The Bertz CT molecular complexity index is 376. The van der Waals surface area contributed by atoms with Crippen LogP contribution in [0.5, 0.6) is 0 Å². The molecule has 17 heavy (non-hydrogen) atoms. The summed E-state index contributed by atoms with van der Waals surface area (Å²) in [5.74, 6) is 0.330. The Kier molecular flexibility index (Phi) is 3.79. The van der Waals surface area contributed by atoms with Gasteiger partial charge >= 0.3 is 0 Å². The van der Waals surface area contributed by atoms with Crippen molar-refractivity contribution in [3.05, 3.63) is 35.6 Å². The highest BCUT2D eigenvalue weighted by Crippen LogP contribution is 2.41. The van der Waals surface area contributed by atoms with Gasteiger partial charge in [0.15, 0.2) is 0 Å². The molecule has 0 radical (unpaired) electrons. The summed E-state index contributed by atoms with van der Waals surface area (Å²) in [6, 6.07) is 6.96. The summed E-state index contributed by atoms with van der Waals surface area (Å²) in [5.41, 5.74) is 1.07. The highest BCUT2D eigenvalue weighted by molar-refractivity contribution is 5.30. The Morgan fingerprint density at radius 1 is 1.47 bits per heavy atom. The van der Waals surface area contributed by atoms with E-state index in [0.29, 0.717) is 19.1 Å². The van der Waals surface area contributed by atoms with Crippen molar-refractivity contribution in [3.8, 4) is 0 Å². The van der Waals surface area contributed by atoms with Crippen LogP contribution in [0.25, 0.3) is 0 Å². The third-order valence-electron chi connectivity index (χ3n) is 3.84. The number of halogens is 1. The number of ether oxygens (including phenoxy) is 1. The van der Waals surface area contributed by atoms with Crippen molar-refractivity contribution in [2.24, 2.45) is 5.92 Å². The standard InChI is InChI=1S/C14H20FNO/c1-3-11(8-16-2)14(9-17-10-14)12-5-4-6-13(15)7-12/h4-7,11,16H,3,8-10H2,1-2H3. The molecule has 0 aromatic heterocycles. The molecular formula is C14H20FNO. The molecule has 2 rings (SSSR count). The smallest absolute Gasteiger partial charge is 0.123 e. The molecule has 1 unspecified atom stereocenters. The highest BCUT2D eigenvalue weighted by Gasteiger charge is 2.45. The first-order chi connectivity index (χ1) is 8.23. The van der Waals surface area contributed by atoms with Crippen molar-refractivity contribution in [3.63, 3.8) is 0 Å². The number of rotatable bonds is 5. The maximum absolute atomic E-state index is 13.4. The summed E-state index contributed by atoms with van der Waals surface area (Å²) in [6.45, 7) is 4.53. The molecule has 1 fully saturated rings. The average molecular weight is 237 g/mol. The first-order valence-corrected chi connectivity index (χ1v) is 6.21. The fourth-order valence-corrected chi connectivity index (χ4v) is 2.74. The molecule has 1 aliphatic heterocycles. The molecule has 1 saturated heterocycles. The Balaban J connectivity index is 2.30. The number of nitrogens with one attached hydrogen (secondary N) is 1. The number of benzene rings is 1. The van der Waals surface area contributed by atoms with E-state index >= 15 is 0 Å². The normalized spacial score (nSPS) is 19.7. The van der Waals surface area contributed by atoms with E-state index in [0.717, 1.165) is 18.5 Å². The quantitative estimate of drug-likeness (QED) is 0.848. The second kappa shape index (κ2) is 5.15. The Labute approximate surface area is 102 Å². The second-order valence-electron chi connectivity index (χ2n) is 4.82. The van der Waals surface area contributed by atoms with Gasteiger partial charge in [-0.15, -0.1) is 0 Å². The third-order valence-corrected chi connectivity index (χ3v) is 3.84. The molecule has 3 heteroatoms. The van der Waals surface area contributed by atoms with E-state index in [2.05, 4.69) is 12.2 Å². The SMILES string of the molecule is CCC(CNC)C1(c2cccc(F)c2)COC1. The largest absolute Gasteiger partial charge is 0.379 e. The van der Waals surface area contributed by atoms with Crippen molar-refractivity contribution < 1.29 is 9.13 Å². The van der Waals surface area contributed by atoms with E-state index in [1.807, 2.05) is 13.1 Å². The molecule has 0 aliphatic carbocycles. The van der Waals surface area contributed by atoms with Gasteiger partial charge in [0.05, 0.1) is 13.2 Å². The van der Waals surface area contributed by atoms with Gasteiger partial charge in [-0.2, -0.15) is 0 Å². The van der Waals surface area contributed by atoms with Crippen LogP contribution in [0.4, 0.5) is 4.39 Å². The summed E-state index contributed by atoms with van der Waals surface area (Å²) in [7, 11) is 1.96. The van der Waals surface area contributed by atoms with Crippen molar-refractivity contribution in [2.75, 3.05) is 26.8 Å². The second-order valence-corrected chi connectivity index (χ2v) is 4.82. The molecule has 0 amide bonds. The fourth-order valence-electron chi connectivity index (χ4n) is 2.74. The molecule has 0 saturated carbocycles. The molecule has 1 atom stereocenters. The van der Waals surface area contributed by atoms with E-state index in [-0.39, 0.29) is 11.2 Å². The fraction of sp³-hybridized carbons (Fsp3) is 0.571. The minimum Gasteiger partial charge on any atom is -0.379 e. The summed E-state index contributed by atoms with van der Waals surface area (Å²) in [4.78, 5) is 0. The molecule has 94 valence electrons. The van der Waals surface area contributed by atoms with Crippen LogP contribution in [-0.4, -0.2) is 26.8 Å². The Morgan fingerprint density at radius 2 is 2.24 bits per heavy atom. The molecule has 0 spiro atoms. The molecule has 1 aliphatic rings. The van der Waals surface area contributed by atoms with Crippen LogP contribution >= 0.6 is 0 Å². The van der Waals surface area contributed by atoms with E-state index in [1.165, 1.54) is 6.07 Å². The minimum absolute atomic E-state index is 0.000139. The lowest BCUT2D eigenvalue weighted by molar-refractivity contribution is -0.0910. The average Bonchev–Trinajstić information content (AvgIpc) is 2.26. The van der Waals surface area contributed by atoms with Gasteiger partial charge in [-0.1, -0.05) is 25.5 Å². The summed E-state index contributed by atoms with van der Waals surface area (Å²) in [5, 5.41) is 3.23. The predicted octanol–water partition coefficient (Wildman–Crippen LogP) is 2.34. The van der Waals surface area contributed by atoms with E-state index < -0.39 is 0 Å². The van der Waals surface area contributed by atoms with Crippen molar-refractivity contribution >= 4 is 0 Å². The lowest BCUT2D eigenvalue weighted by atomic mass is 9.67. The summed E-state index contributed by atoms with van der Waals surface area (Å²) < 4.78 is 18.8. The van der Waals surface area contributed by atoms with Gasteiger partial charge in [-0.25, -0.2) is 4.39 Å². The van der Waals surface area contributed by atoms with Crippen LogP contribution in [0, 0.1) is 11.7 Å². The van der Waals surface area contributed by atoms with Gasteiger partial charge in [0.1, 0.15) is 5.82 Å². The Morgan fingerprint density at radius 3 is 2.71 bits per heavy atom. The van der Waals surface area contributed by atoms with Gasteiger partial charge in [-0.3, -0.25) is 0 Å². The van der Waals surface area contributed by atoms with Gasteiger partial charge in [0.2, 0.25) is 0 Å². The van der Waals surface area contributed by atoms with E-state index in [1.54, 1.807) is 12.1 Å². The van der Waals surface area contributed by atoms with Gasteiger partial charge in [0.25, 0.3) is 0 Å². The lowest BCUT2D eigenvalue weighted by Crippen LogP contribution is -2.54. The van der Waals surface area contributed by atoms with Gasteiger partial charge < -0.3 is 10.1 Å². The topological polar surface area (TPSA) is 21.3 Å². The molecule has 1 aromatic rings. The van der Waals surface area contributed by atoms with Crippen molar-refractivity contribution in [1.82, 2.24) is 5.32 Å². The first-order valence-electron chi connectivity index (χ1n) is 6.21. The van der Waals surface area contributed by atoms with Crippen LogP contribution in [0.15, 0.2) is 24.3 Å². The maximum atomic E-state index is 13.4. The van der Waals surface area contributed by atoms with Crippen LogP contribution < -0.4 is 5.32 Å². The van der Waals surface area contributed by atoms with Gasteiger partial charge in [0, 0.05) is 5.41 Å². The van der Waals surface area contributed by atoms with E-state index in [4.69, 9.17) is 4.74 Å². The zero-order valence-corrected chi connectivity index (χ0v) is 10.5. The number of hydrogen-bond donors (Lipinski definition) is 1. The molecular weight excluding hydrogens is 217 g/mol. The van der Waals surface area contributed by atoms with Crippen LogP contribution in [0.2, 0.25) is 0 Å². The zero-order valence-electron chi connectivity index (χ0n) is 10.5. The number of hydrogen-bond acceptors (Lipinski definition) is 2. The van der Waals surface area contributed by atoms with Crippen LogP contribution in [0.3, 0.4) is 0 Å². The van der Waals surface area contributed by atoms with Crippen molar-refractivity contribution in [2.45, 2.75) is 18.8 Å². The lowest BCUT2D eigenvalue weighted by Gasteiger charge is -2.47. The molecule has 0 bridgehead atoms. The summed E-state index contributed by atoms with van der Waals surface area (Å²) >= 11 is 0. The molecule has 1 heterocycles. The third kappa shape index (κ3) is 2.22. The summed E-state index contributed by atoms with van der Waals surface area (Å²) in [6.07, 6.45) is 1.07. The molecule has 2 nitrogen and oxygen atoms in total. The minimum atomic E-state index is -0.159. The Hall–Kier alpha value is -0.930. The van der Waals surface area contributed by atoms with E-state index in [9.17, 15) is 4.39 Å². The van der Waals surface area contributed by atoms with Crippen LogP contribution in [0.1, 0.15) is 18.9 Å². The highest BCUT2D eigenvalue weighted by atomic mass is 19.1. The predicted molar refractivity (Wildman–Crippen MR) is 66.6 cm³/mol.